The fraction of sp³-hybridized carbons (Fsp3) is 0.120. The Morgan fingerprint density at radius 3 is 2.44 bits per heavy atom. The Morgan fingerprint density at radius 2 is 1.72 bits per heavy atom. The average Bonchev–Trinajstić information content (AvgIpc) is 3.21. The number of halogens is 1. The van der Waals surface area contributed by atoms with Crippen molar-refractivity contribution in [3.8, 4) is 11.1 Å². The van der Waals surface area contributed by atoms with Crippen LogP contribution in [0.2, 0.25) is 0 Å². The van der Waals surface area contributed by atoms with Crippen molar-refractivity contribution < 1.29 is 23.8 Å². The molecule has 0 saturated carbocycles. The summed E-state index contributed by atoms with van der Waals surface area (Å²) in [5.74, 6) is -0.665. The van der Waals surface area contributed by atoms with E-state index in [1.54, 1.807) is 12.1 Å². The number of furan rings is 1. The molecule has 6 nitrogen and oxygen atoms in total. The molecule has 4 rings (SSSR count). The molecule has 32 heavy (non-hydrogen) atoms. The van der Waals surface area contributed by atoms with Gasteiger partial charge in [-0.3, -0.25) is 0 Å². The van der Waals surface area contributed by atoms with Gasteiger partial charge in [0.15, 0.2) is 6.61 Å². The standard InChI is InChI=1S/C25H20BrNO5/c26-20-9-6-16(7-10-20)12-22(24(28)29)27-25(30)31-15-21-14-19-13-18(8-11-23(19)32-21)17-4-2-1-3-5-17/h1-11,13-14,22H,12,15H2,(H,27,30)(H,28,29)/t22-/m1/s1. The van der Waals surface area contributed by atoms with E-state index in [0.29, 0.717) is 11.3 Å². The van der Waals surface area contributed by atoms with Gasteiger partial charge in [0.1, 0.15) is 17.4 Å². The van der Waals surface area contributed by atoms with E-state index >= 15 is 0 Å². The molecule has 0 radical (unpaired) electrons. The van der Waals surface area contributed by atoms with Gasteiger partial charge in [-0.05, 0) is 47.0 Å². The Bertz CT molecular complexity index is 1230. The minimum absolute atomic E-state index is 0.105. The third kappa shape index (κ3) is 5.36. The van der Waals surface area contributed by atoms with Gasteiger partial charge in [0.2, 0.25) is 0 Å². The number of carboxylic acids is 1. The number of fused-ring (bicyclic) bond motifs is 1. The number of benzene rings is 3. The van der Waals surface area contributed by atoms with Crippen molar-refractivity contribution in [2.45, 2.75) is 19.1 Å². The molecule has 0 unspecified atom stereocenters. The second-order valence-corrected chi connectivity index (χ2v) is 8.19. The topological polar surface area (TPSA) is 88.8 Å². The molecule has 2 N–H and O–H groups in total. The lowest BCUT2D eigenvalue weighted by atomic mass is 10.0. The van der Waals surface area contributed by atoms with Crippen LogP contribution in [0.25, 0.3) is 22.1 Å². The van der Waals surface area contributed by atoms with Gasteiger partial charge in [0.05, 0.1) is 0 Å². The molecule has 0 aliphatic rings. The van der Waals surface area contributed by atoms with Gasteiger partial charge < -0.3 is 19.6 Å². The van der Waals surface area contributed by atoms with Gasteiger partial charge in [0, 0.05) is 16.3 Å². The summed E-state index contributed by atoms with van der Waals surface area (Å²) in [5, 5.41) is 12.7. The number of rotatable bonds is 7. The molecule has 1 heterocycles. The zero-order valence-corrected chi connectivity index (χ0v) is 18.5. The molecule has 0 saturated heterocycles. The molecule has 0 aliphatic heterocycles. The lowest BCUT2D eigenvalue weighted by Crippen LogP contribution is -2.42. The maximum absolute atomic E-state index is 12.2. The summed E-state index contributed by atoms with van der Waals surface area (Å²) in [6.07, 6.45) is -0.676. The van der Waals surface area contributed by atoms with E-state index in [0.717, 1.165) is 26.5 Å². The normalized spacial score (nSPS) is 11.8. The number of hydrogen-bond donors (Lipinski definition) is 2. The minimum Gasteiger partial charge on any atom is -0.480 e. The maximum Gasteiger partial charge on any atom is 0.408 e. The van der Waals surface area contributed by atoms with Gasteiger partial charge in [-0.15, -0.1) is 0 Å². The Balaban J connectivity index is 1.38. The van der Waals surface area contributed by atoms with Crippen LogP contribution in [0.15, 0.2) is 87.8 Å². The van der Waals surface area contributed by atoms with Crippen LogP contribution in [0.1, 0.15) is 11.3 Å². The number of amides is 1. The third-order valence-corrected chi connectivity index (χ3v) is 5.49. The molecular formula is C25H20BrNO5. The molecule has 1 amide bonds. The van der Waals surface area contributed by atoms with Crippen LogP contribution in [0.3, 0.4) is 0 Å². The van der Waals surface area contributed by atoms with Gasteiger partial charge in [-0.2, -0.15) is 0 Å². The van der Waals surface area contributed by atoms with E-state index in [2.05, 4.69) is 21.2 Å². The fourth-order valence-electron chi connectivity index (χ4n) is 3.36. The molecule has 4 aromatic rings. The molecule has 1 atom stereocenters. The number of carboxylic acid groups (broad SMARTS) is 1. The summed E-state index contributed by atoms with van der Waals surface area (Å²) in [5.41, 5.74) is 3.62. The zero-order valence-electron chi connectivity index (χ0n) is 17.0. The number of carbonyl (C=O) groups is 2. The van der Waals surface area contributed by atoms with Crippen molar-refractivity contribution in [2.24, 2.45) is 0 Å². The van der Waals surface area contributed by atoms with Crippen LogP contribution < -0.4 is 5.32 Å². The lowest BCUT2D eigenvalue weighted by Gasteiger charge is -2.14. The monoisotopic (exact) mass is 493 g/mol. The predicted molar refractivity (Wildman–Crippen MR) is 124 cm³/mol. The third-order valence-electron chi connectivity index (χ3n) is 4.96. The molecule has 3 aromatic carbocycles. The fourth-order valence-corrected chi connectivity index (χ4v) is 3.62. The van der Waals surface area contributed by atoms with Gasteiger partial charge >= 0.3 is 12.1 Å². The predicted octanol–water partition coefficient (Wildman–Crippen LogP) is 5.78. The van der Waals surface area contributed by atoms with Gasteiger partial charge in [-0.25, -0.2) is 9.59 Å². The highest BCUT2D eigenvalue weighted by Gasteiger charge is 2.21. The highest BCUT2D eigenvalue weighted by atomic mass is 79.9. The molecule has 7 heteroatoms. The quantitative estimate of drug-likeness (QED) is 0.340. The van der Waals surface area contributed by atoms with E-state index < -0.39 is 18.1 Å². The largest absolute Gasteiger partial charge is 0.480 e. The number of alkyl carbamates (subject to hydrolysis) is 1. The Hall–Kier alpha value is -3.58. The first-order valence-electron chi connectivity index (χ1n) is 9.96. The van der Waals surface area contributed by atoms with Crippen LogP contribution in [0, 0.1) is 0 Å². The average molecular weight is 494 g/mol. The number of ether oxygens (including phenoxy) is 1. The van der Waals surface area contributed by atoms with Crippen molar-refractivity contribution in [1.29, 1.82) is 0 Å². The molecule has 1 aromatic heterocycles. The van der Waals surface area contributed by atoms with E-state index in [1.807, 2.05) is 66.7 Å². The summed E-state index contributed by atoms with van der Waals surface area (Å²) in [6, 6.07) is 23.8. The molecule has 0 fully saturated rings. The first-order valence-corrected chi connectivity index (χ1v) is 10.8. The minimum atomic E-state index is -1.14. The van der Waals surface area contributed by atoms with Crippen molar-refractivity contribution in [2.75, 3.05) is 0 Å². The summed E-state index contributed by atoms with van der Waals surface area (Å²) < 4.78 is 11.8. The number of hydrogen-bond acceptors (Lipinski definition) is 4. The summed E-state index contributed by atoms with van der Waals surface area (Å²) in [6.45, 7) is -0.105. The Morgan fingerprint density at radius 1 is 0.969 bits per heavy atom. The van der Waals surface area contributed by atoms with Crippen LogP contribution >= 0.6 is 15.9 Å². The van der Waals surface area contributed by atoms with Crippen LogP contribution in [0.4, 0.5) is 4.79 Å². The number of carbonyl (C=O) groups excluding carboxylic acids is 1. The molecule has 162 valence electrons. The SMILES string of the molecule is O=C(N[C@H](Cc1ccc(Br)cc1)C(=O)O)OCc1cc2cc(-c3ccccc3)ccc2o1. The smallest absolute Gasteiger partial charge is 0.408 e. The van der Waals surface area contributed by atoms with Crippen molar-refractivity contribution in [3.05, 3.63) is 94.7 Å². The van der Waals surface area contributed by atoms with E-state index in [4.69, 9.17) is 9.15 Å². The van der Waals surface area contributed by atoms with Crippen LogP contribution in [-0.4, -0.2) is 23.2 Å². The highest BCUT2D eigenvalue weighted by Crippen LogP contribution is 2.27. The van der Waals surface area contributed by atoms with Gasteiger partial charge in [-0.1, -0.05) is 64.5 Å². The van der Waals surface area contributed by atoms with Crippen molar-refractivity contribution >= 4 is 39.0 Å². The Labute approximate surface area is 192 Å². The zero-order chi connectivity index (χ0) is 22.5. The molecular weight excluding hydrogens is 474 g/mol. The molecule has 0 spiro atoms. The van der Waals surface area contributed by atoms with Crippen LogP contribution in [-0.2, 0) is 22.6 Å². The highest BCUT2D eigenvalue weighted by molar-refractivity contribution is 9.10. The van der Waals surface area contributed by atoms with Gasteiger partial charge in [0.25, 0.3) is 0 Å². The van der Waals surface area contributed by atoms with Crippen molar-refractivity contribution in [1.82, 2.24) is 5.32 Å². The number of nitrogens with one attached hydrogen (secondary N) is 1. The van der Waals surface area contributed by atoms with Crippen molar-refractivity contribution in [3.63, 3.8) is 0 Å². The first kappa shape index (κ1) is 21.6. The first-order chi connectivity index (χ1) is 15.5. The van der Waals surface area contributed by atoms with E-state index in [9.17, 15) is 14.7 Å². The van der Waals surface area contributed by atoms with E-state index in [1.165, 1.54) is 0 Å². The van der Waals surface area contributed by atoms with Crippen LogP contribution in [0.5, 0.6) is 0 Å². The number of aliphatic carboxylic acids is 1. The maximum atomic E-state index is 12.2. The lowest BCUT2D eigenvalue weighted by molar-refractivity contribution is -0.139. The molecule has 0 bridgehead atoms. The Kier molecular flexibility index (Phi) is 6.56. The molecule has 0 aliphatic carbocycles. The second-order valence-electron chi connectivity index (χ2n) is 7.27. The summed E-state index contributed by atoms with van der Waals surface area (Å²) in [7, 11) is 0. The van der Waals surface area contributed by atoms with E-state index in [-0.39, 0.29) is 13.0 Å². The second kappa shape index (κ2) is 9.70. The summed E-state index contributed by atoms with van der Waals surface area (Å²) in [4.78, 5) is 23.7. The summed E-state index contributed by atoms with van der Waals surface area (Å²) >= 11 is 3.34.